The van der Waals surface area contributed by atoms with Crippen molar-refractivity contribution in [3.8, 4) is 0 Å². The number of fused-ring (bicyclic) bond motifs is 1. The van der Waals surface area contributed by atoms with Gasteiger partial charge in [0.05, 0.1) is 12.2 Å². The fourth-order valence-corrected chi connectivity index (χ4v) is 4.88. The Labute approximate surface area is 213 Å². The van der Waals surface area contributed by atoms with Crippen LogP contribution in [-0.2, 0) is 11.3 Å². The minimum absolute atomic E-state index is 0.185. The highest BCUT2D eigenvalue weighted by Gasteiger charge is 2.37. The maximum Gasteiger partial charge on any atom is 0.281 e. The zero-order valence-electron chi connectivity index (χ0n) is 19.5. The molecule has 1 fully saturated rings. The smallest absolute Gasteiger partial charge is 0.281 e. The summed E-state index contributed by atoms with van der Waals surface area (Å²) in [6.45, 7) is 4.32. The van der Waals surface area contributed by atoms with Crippen LogP contribution in [0.15, 0.2) is 72.6 Å². The number of carbonyl (C=O) groups excluding carboxylic acids is 1. The van der Waals surface area contributed by atoms with E-state index in [1.54, 1.807) is 29.0 Å². The number of aryl methyl sites for hydroxylation is 2. The third-order valence-electron chi connectivity index (χ3n) is 6.51. The number of amides is 1. The topological polar surface area (TPSA) is 28.5 Å². The molecule has 4 nitrogen and oxygen atoms in total. The van der Waals surface area contributed by atoms with Crippen LogP contribution >= 0.6 is 23.8 Å². The van der Waals surface area contributed by atoms with Crippen LogP contribution in [0.5, 0.6) is 0 Å². The zero-order valence-corrected chi connectivity index (χ0v) is 21.1. The number of rotatable bonds is 4. The van der Waals surface area contributed by atoms with E-state index in [0.29, 0.717) is 21.4 Å². The Kier molecular flexibility index (Phi) is 5.95. The van der Waals surface area contributed by atoms with Gasteiger partial charge in [-0.05, 0) is 73.6 Å². The monoisotopic (exact) mass is 503 g/mol. The summed E-state index contributed by atoms with van der Waals surface area (Å²) in [5, 5.41) is 1.75. The molecule has 1 aliphatic heterocycles. The molecule has 0 radical (unpaired) electrons. The van der Waals surface area contributed by atoms with Gasteiger partial charge in [-0.15, -0.1) is 0 Å². The lowest BCUT2D eigenvalue weighted by Crippen LogP contribution is -2.31. The molecule has 0 saturated carbocycles. The van der Waals surface area contributed by atoms with Crippen molar-refractivity contribution >= 4 is 57.5 Å². The van der Waals surface area contributed by atoms with Gasteiger partial charge in [0.25, 0.3) is 5.91 Å². The molecule has 4 aromatic rings. The molecule has 0 aliphatic carbocycles. The van der Waals surface area contributed by atoms with E-state index in [1.807, 2.05) is 73.2 Å². The van der Waals surface area contributed by atoms with Crippen molar-refractivity contribution in [1.82, 2.24) is 9.47 Å². The fraction of sp³-hybridized carbons (Fsp3) is 0.143. The van der Waals surface area contributed by atoms with Crippen molar-refractivity contribution in [1.29, 1.82) is 0 Å². The molecule has 3 aromatic carbocycles. The van der Waals surface area contributed by atoms with Gasteiger partial charge in [-0.3, -0.25) is 9.69 Å². The van der Waals surface area contributed by atoms with Gasteiger partial charge in [-0.2, -0.15) is 0 Å². The standard InChI is InChI=1S/C28H23ClFN3OS/c1-17-11-12-20(13-18(17)2)33-27(34)26(31(3)28(33)35)14-19-15-32(25-10-5-4-7-21(19)25)16-22-23(29)8-6-9-24(22)30/h4-15H,16H2,1-3H3/b26-14-. The maximum absolute atomic E-state index is 14.5. The molecular formula is C28H23ClFN3OS. The van der Waals surface area contributed by atoms with Gasteiger partial charge in [0.2, 0.25) is 0 Å². The molecular weight excluding hydrogens is 481 g/mol. The highest BCUT2D eigenvalue weighted by Crippen LogP contribution is 2.32. The fourth-order valence-electron chi connectivity index (χ4n) is 4.37. The second-order valence-corrected chi connectivity index (χ2v) is 9.48. The molecule has 2 heterocycles. The molecule has 0 bridgehead atoms. The van der Waals surface area contributed by atoms with Crippen molar-refractivity contribution < 1.29 is 9.18 Å². The van der Waals surface area contributed by atoms with Crippen LogP contribution in [0.4, 0.5) is 10.1 Å². The van der Waals surface area contributed by atoms with E-state index in [1.165, 1.54) is 6.07 Å². The highest BCUT2D eigenvalue weighted by atomic mass is 35.5. The molecule has 0 unspecified atom stereocenters. The molecule has 5 rings (SSSR count). The van der Waals surface area contributed by atoms with Crippen LogP contribution < -0.4 is 4.90 Å². The van der Waals surface area contributed by atoms with Crippen molar-refractivity contribution in [2.75, 3.05) is 11.9 Å². The SMILES string of the molecule is Cc1ccc(N2C(=O)/C(=C/c3cn(Cc4c(F)cccc4Cl)c4ccccc34)N(C)C2=S)cc1C. The first kappa shape index (κ1) is 23.3. The van der Waals surface area contributed by atoms with Crippen LogP contribution in [-0.4, -0.2) is 27.5 Å². The van der Waals surface area contributed by atoms with Crippen molar-refractivity contribution in [2.45, 2.75) is 20.4 Å². The number of hydrogen-bond acceptors (Lipinski definition) is 2. The van der Waals surface area contributed by atoms with E-state index in [2.05, 4.69) is 0 Å². The van der Waals surface area contributed by atoms with E-state index < -0.39 is 0 Å². The number of carbonyl (C=O) groups is 1. The molecule has 1 amide bonds. The minimum Gasteiger partial charge on any atom is -0.342 e. The van der Waals surface area contributed by atoms with Gasteiger partial charge >= 0.3 is 0 Å². The van der Waals surface area contributed by atoms with E-state index in [9.17, 15) is 9.18 Å². The molecule has 1 aromatic heterocycles. The Hall–Kier alpha value is -3.48. The van der Waals surface area contributed by atoms with E-state index in [0.717, 1.165) is 33.3 Å². The van der Waals surface area contributed by atoms with Crippen molar-refractivity contribution in [3.63, 3.8) is 0 Å². The molecule has 1 aliphatic rings. The highest BCUT2D eigenvalue weighted by molar-refractivity contribution is 7.80. The van der Waals surface area contributed by atoms with Crippen LogP contribution in [0.1, 0.15) is 22.3 Å². The summed E-state index contributed by atoms with van der Waals surface area (Å²) in [5.74, 6) is -0.537. The Morgan fingerprint density at radius 2 is 1.80 bits per heavy atom. The lowest BCUT2D eigenvalue weighted by atomic mass is 10.1. The van der Waals surface area contributed by atoms with Gasteiger partial charge in [-0.1, -0.05) is 41.9 Å². The average Bonchev–Trinajstić information content (AvgIpc) is 3.28. The number of thiocarbonyl (C=S) groups is 1. The number of halogens is 2. The number of benzene rings is 3. The second-order valence-electron chi connectivity index (χ2n) is 8.71. The summed E-state index contributed by atoms with van der Waals surface area (Å²) >= 11 is 11.9. The van der Waals surface area contributed by atoms with Crippen LogP contribution in [0, 0.1) is 19.7 Å². The van der Waals surface area contributed by atoms with Gasteiger partial charge in [0.15, 0.2) is 5.11 Å². The lowest BCUT2D eigenvalue weighted by molar-refractivity contribution is -0.114. The molecule has 0 N–H and O–H groups in total. The van der Waals surface area contributed by atoms with E-state index in [4.69, 9.17) is 23.8 Å². The first-order valence-corrected chi connectivity index (χ1v) is 12.0. The predicted octanol–water partition coefficient (Wildman–Crippen LogP) is 6.70. The molecule has 35 heavy (non-hydrogen) atoms. The molecule has 0 atom stereocenters. The zero-order chi connectivity index (χ0) is 24.9. The normalized spacial score (nSPS) is 15.2. The third kappa shape index (κ3) is 4.03. The largest absolute Gasteiger partial charge is 0.342 e. The number of hydrogen-bond donors (Lipinski definition) is 0. The van der Waals surface area contributed by atoms with Crippen molar-refractivity contribution in [3.05, 3.63) is 106 Å². The van der Waals surface area contributed by atoms with E-state index in [-0.39, 0.29) is 18.3 Å². The van der Waals surface area contributed by atoms with Crippen LogP contribution in [0.3, 0.4) is 0 Å². The van der Waals surface area contributed by atoms with Crippen LogP contribution in [0.25, 0.3) is 17.0 Å². The van der Waals surface area contributed by atoms with Crippen LogP contribution in [0.2, 0.25) is 5.02 Å². The summed E-state index contributed by atoms with van der Waals surface area (Å²) in [4.78, 5) is 16.8. The third-order valence-corrected chi connectivity index (χ3v) is 7.32. The number of nitrogens with zero attached hydrogens (tertiary/aromatic N) is 3. The maximum atomic E-state index is 14.5. The Balaban J connectivity index is 1.57. The first-order chi connectivity index (χ1) is 16.8. The summed E-state index contributed by atoms with van der Waals surface area (Å²) in [5.41, 5.74) is 5.64. The Bertz CT molecular complexity index is 1520. The number of likely N-dealkylation sites (N-methyl/N-ethyl adjacent to an activating group) is 1. The van der Waals surface area contributed by atoms with Gasteiger partial charge in [0.1, 0.15) is 11.5 Å². The molecule has 1 saturated heterocycles. The Morgan fingerprint density at radius 1 is 1.03 bits per heavy atom. The van der Waals surface area contributed by atoms with Gasteiger partial charge in [-0.25, -0.2) is 4.39 Å². The minimum atomic E-state index is -0.352. The number of para-hydroxylation sites is 1. The van der Waals surface area contributed by atoms with Gasteiger partial charge < -0.3 is 9.47 Å². The summed E-state index contributed by atoms with van der Waals surface area (Å²) in [6.07, 6.45) is 3.76. The van der Waals surface area contributed by atoms with Gasteiger partial charge in [0, 0.05) is 40.3 Å². The molecule has 7 heteroatoms. The Morgan fingerprint density at radius 3 is 2.54 bits per heavy atom. The predicted molar refractivity (Wildman–Crippen MR) is 144 cm³/mol. The lowest BCUT2D eigenvalue weighted by Gasteiger charge is -2.17. The summed E-state index contributed by atoms with van der Waals surface area (Å²) in [7, 11) is 1.80. The number of anilines is 1. The second kappa shape index (κ2) is 8.95. The molecule has 176 valence electrons. The molecule has 0 spiro atoms. The average molecular weight is 504 g/mol. The van der Waals surface area contributed by atoms with E-state index >= 15 is 0 Å². The number of aromatic nitrogens is 1. The first-order valence-electron chi connectivity index (χ1n) is 11.2. The summed E-state index contributed by atoms with van der Waals surface area (Å²) < 4.78 is 16.4. The quantitative estimate of drug-likeness (QED) is 0.229. The summed E-state index contributed by atoms with van der Waals surface area (Å²) in [6, 6.07) is 18.4. The van der Waals surface area contributed by atoms with Crippen molar-refractivity contribution in [2.24, 2.45) is 0 Å².